The van der Waals surface area contributed by atoms with Crippen LogP contribution in [0.5, 0.6) is 0 Å². The van der Waals surface area contributed by atoms with Gasteiger partial charge in [-0.15, -0.1) is 10.3 Å². The van der Waals surface area contributed by atoms with Crippen molar-refractivity contribution in [2.45, 2.75) is 37.8 Å². The number of hydrogen-bond donors (Lipinski definition) is 0. The summed E-state index contributed by atoms with van der Waals surface area (Å²) in [6, 6.07) is 16.2. The van der Waals surface area contributed by atoms with Crippen molar-refractivity contribution < 1.29 is 5.21 Å². The van der Waals surface area contributed by atoms with Crippen LogP contribution in [0.1, 0.15) is 37.8 Å². The van der Waals surface area contributed by atoms with Crippen LogP contribution in [0.25, 0.3) is 0 Å². The third kappa shape index (κ3) is 2.56. The summed E-state index contributed by atoms with van der Waals surface area (Å²) < 4.78 is 2.07. The zero-order chi connectivity index (χ0) is 16.0. The van der Waals surface area contributed by atoms with Gasteiger partial charge < -0.3 is 0 Å². The molecule has 0 unspecified atom stereocenters. The lowest BCUT2D eigenvalue weighted by Crippen LogP contribution is -2.44. The molecule has 1 fully saturated rings. The highest BCUT2D eigenvalue weighted by Gasteiger charge is 2.52. The van der Waals surface area contributed by atoms with Crippen molar-refractivity contribution in [3.8, 4) is 0 Å². The van der Waals surface area contributed by atoms with Crippen LogP contribution in [0.15, 0.2) is 57.5 Å². The van der Waals surface area contributed by atoms with Gasteiger partial charge >= 0.3 is 0 Å². The second-order valence-electron chi connectivity index (χ2n) is 6.36. The molecule has 0 N–H and O–H groups in total. The molecule has 2 aromatic carbocycles. The highest BCUT2D eigenvalue weighted by molar-refractivity contribution is 9.10. The van der Waals surface area contributed by atoms with Gasteiger partial charge in [-0.2, -0.15) is 0 Å². The zero-order valence-corrected chi connectivity index (χ0v) is 15.8. The molecule has 0 aromatic heterocycles. The van der Waals surface area contributed by atoms with Crippen LogP contribution < -0.4 is 0 Å². The number of hydroxylamine groups is 2. The summed E-state index contributed by atoms with van der Waals surface area (Å²) in [6.45, 7) is 4.10. The Bertz CT molecular complexity index is 611. The van der Waals surface area contributed by atoms with Crippen LogP contribution in [0, 0.1) is 0 Å². The van der Waals surface area contributed by atoms with Gasteiger partial charge in [-0.3, -0.25) is 0 Å². The standard InChI is InChI=1S/C18H18Br2NO/c1-17(13-3-7-15(19)8-4-13)11-12-18(2,21(17)22)14-5-9-16(20)10-6-14/h3-10H,11-12H2,1-2H3/t17-,18-/m0/s1. The largest absolute Gasteiger partial charge is 0.135 e. The number of rotatable bonds is 2. The van der Waals surface area contributed by atoms with Gasteiger partial charge in [0.1, 0.15) is 0 Å². The first-order valence-electron chi connectivity index (χ1n) is 7.36. The van der Waals surface area contributed by atoms with Gasteiger partial charge in [-0.05, 0) is 62.1 Å². The fraction of sp³-hybridized carbons (Fsp3) is 0.333. The molecular formula is C18H18Br2NO. The molecule has 0 saturated carbocycles. The topological polar surface area (TPSA) is 23.1 Å². The summed E-state index contributed by atoms with van der Waals surface area (Å²) in [5.41, 5.74) is 1.18. The average molecular weight is 424 g/mol. The molecule has 22 heavy (non-hydrogen) atoms. The van der Waals surface area contributed by atoms with Crippen LogP contribution >= 0.6 is 31.9 Å². The van der Waals surface area contributed by atoms with E-state index in [2.05, 4.69) is 31.9 Å². The highest BCUT2D eigenvalue weighted by Crippen LogP contribution is 2.51. The van der Waals surface area contributed by atoms with Crippen LogP contribution in [-0.2, 0) is 16.3 Å². The van der Waals surface area contributed by atoms with Gasteiger partial charge in [0.2, 0.25) is 0 Å². The molecule has 1 heterocycles. The molecule has 0 spiro atoms. The molecule has 1 saturated heterocycles. The van der Waals surface area contributed by atoms with Crippen molar-refractivity contribution in [2.24, 2.45) is 0 Å². The van der Waals surface area contributed by atoms with Crippen molar-refractivity contribution >= 4 is 31.9 Å². The van der Waals surface area contributed by atoms with Crippen LogP contribution in [0.3, 0.4) is 0 Å². The fourth-order valence-electron chi connectivity index (χ4n) is 3.38. The lowest BCUT2D eigenvalue weighted by Gasteiger charge is -2.37. The molecule has 0 bridgehead atoms. The Balaban J connectivity index is 1.98. The van der Waals surface area contributed by atoms with Crippen molar-refractivity contribution in [3.63, 3.8) is 0 Å². The third-order valence-electron chi connectivity index (χ3n) is 4.93. The summed E-state index contributed by atoms with van der Waals surface area (Å²) >= 11 is 6.91. The molecule has 0 aliphatic carbocycles. The Morgan fingerprint density at radius 1 is 0.773 bits per heavy atom. The average Bonchev–Trinajstić information content (AvgIpc) is 2.75. The zero-order valence-electron chi connectivity index (χ0n) is 12.6. The van der Waals surface area contributed by atoms with Crippen LogP contribution in [-0.4, -0.2) is 5.06 Å². The minimum atomic E-state index is -0.484. The van der Waals surface area contributed by atoms with E-state index in [0.717, 1.165) is 32.9 Å². The monoisotopic (exact) mass is 422 g/mol. The van der Waals surface area contributed by atoms with E-state index in [1.807, 2.05) is 62.4 Å². The van der Waals surface area contributed by atoms with E-state index in [1.54, 1.807) is 0 Å². The molecule has 2 aromatic rings. The number of benzene rings is 2. The second kappa shape index (κ2) is 5.75. The fourth-order valence-corrected chi connectivity index (χ4v) is 3.90. The second-order valence-corrected chi connectivity index (χ2v) is 8.19. The summed E-state index contributed by atoms with van der Waals surface area (Å²) in [6.07, 6.45) is 1.70. The Kier molecular flexibility index (Phi) is 4.23. The predicted octanol–water partition coefficient (Wildman–Crippen LogP) is 5.78. The smallest absolute Gasteiger partial charge is 0.0724 e. The Morgan fingerprint density at radius 2 is 1.09 bits per heavy atom. The van der Waals surface area contributed by atoms with E-state index in [1.165, 1.54) is 5.06 Å². The van der Waals surface area contributed by atoms with Gasteiger partial charge in [-0.25, -0.2) is 0 Å². The Labute approximate surface area is 148 Å². The van der Waals surface area contributed by atoms with Gasteiger partial charge in [-0.1, -0.05) is 56.1 Å². The normalized spacial score (nSPS) is 29.0. The van der Waals surface area contributed by atoms with Gasteiger partial charge in [0.15, 0.2) is 0 Å². The summed E-state index contributed by atoms with van der Waals surface area (Å²) in [5.74, 6) is 0. The molecule has 0 amide bonds. The van der Waals surface area contributed by atoms with Crippen molar-refractivity contribution in [1.82, 2.24) is 5.06 Å². The van der Waals surface area contributed by atoms with E-state index in [9.17, 15) is 5.21 Å². The lowest BCUT2D eigenvalue weighted by molar-refractivity contribution is -0.260. The van der Waals surface area contributed by atoms with Gasteiger partial charge in [0.05, 0.1) is 11.1 Å². The maximum atomic E-state index is 13.2. The van der Waals surface area contributed by atoms with Crippen molar-refractivity contribution in [3.05, 3.63) is 68.6 Å². The third-order valence-corrected chi connectivity index (χ3v) is 5.98. The molecule has 1 radical (unpaired) electrons. The number of halogens is 2. The van der Waals surface area contributed by atoms with Crippen molar-refractivity contribution in [2.75, 3.05) is 0 Å². The maximum absolute atomic E-state index is 13.2. The minimum absolute atomic E-state index is 0.484. The Morgan fingerprint density at radius 3 is 1.41 bits per heavy atom. The highest BCUT2D eigenvalue weighted by atomic mass is 79.9. The number of hydrogen-bond acceptors (Lipinski definition) is 1. The summed E-state index contributed by atoms with van der Waals surface area (Å²) in [7, 11) is 0. The van der Waals surface area contributed by atoms with Gasteiger partial charge in [0, 0.05) is 8.95 Å². The first-order valence-corrected chi connectivity index (χ1v) is 8.94. The summed E-state index contributed by atoms with van der Waals surface area (Å²) in [5, 5.41) is 14.5. The van der Waals surface area contributed by atoms with E-state index in [4.69, 9.17) is 0 Å². The summed E-state index contributed by atoms with van der Waals surface area (Å²) in [4.78, 5) is 0. The molecule has 1 aliphatic heterocycles. The quantitative estimate of drug-likeness (QED) is 0.599. The molecule has 4 heteroatoms. The lowest BCUT2D eigenvalue weighted by atomic mass is 9.89. The SMILES string of the molecule is C[C@@]1(c2ccc(Br)cc2)CC[C@@](C)(c2ccc(Br)cc2)N1[O]. The van der Waals surface area contributed by atoms with Crippen LogP contribution in [0.4, 0.5) is 0 Å². The minimum Gasteiger partial charge on any atom is -0.135 e. The van der Waals surface area contributed by atoms with Crippen molar-refractivity contribution in [1.29, 1.82) is 0 Å². The van der Waals surface area contributed by atoms with Crippen LogP contribution in [0.2, 0.25) is 0 Å². The first kappa shape index (κ1) is 16.2. The molecule has 1 aliphatic rings. The molecule has 115 valence electrons. The maximum Gasteiger partial charge on any atom is 0.0724 e. The molecule has 2 nitrogen and oxygen atoms in total. The molecular weight excluding hydrogens is 406 g/mol. The number of nitrogens with zero attached hydrogens (tertiary/aromatic N) is 1. The first-order chi connectivity index (χ1) is 10.4. The molecule has 2 atom stereocenters. The van der Waals surface area contributed by atoms with E-state index in [-0.39, 0.29) is 0 Å². The van der Waals surface area contributed by atoms with E-state index >= 15 is 0 Å². The predicted molar refractivity (Wildman–Crippen MR) is 94.7 cm³/mol. The van der Waals surface area contributed by atoms with E-state index < -0.39 is 11.1 Å². The van der Waals surface area contributed by atoms with Gasteiger partial charge in [0.25, 0.3) is 0 Å². The molecule has 3 rings (SSSR count). The van der Waals surface area contributed by atoms with E-state index in [0.29, 0.717) is 0 Å². The Hall–Kier alpha value is -0.680.